The molecule has 26 heteroatoms. The van der Waals surface area contributed by atoms with Gasteiger partial charge in [0.15, 0.2) is 11.4 Å². The summed E-state index contributed by atoms with van der Waals surface area (Å²) < 4.78 is 134. The summed E-state index contributed by atoms with van der Waals surface area (Å²) in [4.78, 5) is 23.0. The molecule has 4 aromatic carbocycles. The molecule has 0 unspecified atom stereocenters. The van der Waals surface area contributed by atoms with Gasteiger partial charge in [0.1, 0.15) is 21.3 Å². The molecule has 0 aliphatic heterocycles. The summed E-state index contributed by atoms with van der Waals surface area (Å²) in [5.74, 6) is -3.44. The normalized spacial score (nSPS) is 16.1. The number of anilines is 4. The molecule has 0 radical (unpaired) electrons. The second-order valence-corrected chi connectivity index (χ2v) is 17.8. The van der Waals surface area contributed by atoms with Crippen LogP contribution in [0.25, 0.3) is 23.3 Å². The van der Waals surface area contributed by atoms with Crippen LogP contribution in [0, 0.1) is 0 Å². The Morgan fingerprint density at radius 2 is 0.845 bits per heavy atom. The molecule has 58 heavy (non-hydrogen) atoms. The fourth-order valence-corrected chi connectivity index (χ4v) is 8.12. The van der Waals surface area contributed by atoms with E-state index in [-0.39, 0.29) is 33.6 Å². The molecule has 0 fully saturated rings. The number of phenols is 2. The molecule has 22 nitrogen and oxygen atoms in total. The minimum atomic E-state index is -5.19. The number of hydrazone groups is 2. The van der Waals surface area contributed by atoms with Crippen molar-refractivity contribution in [2.45, 2.75) is 9.79 Å². The number of fused-ring (bicyclic) bond motifs is 2. The average molecular weight is 877 g/mol. The Morgan fingerprint density at radius 1 is 0.500 bits per heavy atom. The van der Waals surface area contributed by atoms with Gasteiger partial charge in [-0.1, -0.05) is 12.1 Å². The van der Waals surface area contributed by atoms with Crippen molar-refractivity contribution in [1.29, 1.82) is 0 Å². The summed E-state index contributed by atoms with van der Waals surface area (Å²) in [5.41, 5.74) is 12.0. The maximum Gasteiger partial charge on any atom is 0.296 e. The van der Waals surface area contributed by atoms with Crippen LogP contribution < -0.4 is 22.3 Å². The Balaban J connectivity index is 1.27. The van der Waals surface area contributed by atoms with E-state index in [1.807, 2.05) is 0 Å². The number of hydrogen-bond acceptors (Lipinski definition) is 18. The van der Waals surface area contributed by atoms with Crippen LogP contribution in [0.3, 0.4) is 0 Å². The molecular weight excluding hydrogens is 853 g/mol. The third kappa shape index (κ3) is 7.88. The number of Topliss-reactive ketones (excluding diaryl/α,β-unsaturated/α-hetero) is 2. The van der Waals surface area contributed by atoms with E-state index in [4.69, 9.17) is 11.5 Å². The highest BCUT2D eigenvalue weighted by Crippen LogP contribution is 2.37. The van der Waals surface area contributed by atoms with Crippen LogP contribution >= 0.6 is 0 Å². The van der Waals surface area contributed by atoms with Gasteiger partial charge in [-0.2, -0.15) is 43.9 Å². The molecule has 0 atom stereocenters. The number of nitrogens with zero attached hydrogens (tertiary/aromatic N) is 2. The lowest BCUT2D eigenvalue weighted by Crippen LogP contribution is -2.28. The van der Waals surface area contributed by atoms with Gasteiger partial charge in [-0.3, -0.25) is 38.7 Å². The van der Waals surface area contributed by atoms with E-state index in [0.29, 0.717) is 12.2 Å². The third-order valence-electron chi connectivity index (χ3n) is 8.33. The number of nitrogens with two attached hydrogens (primary N) is 2. The monoisotopic (exact) mass is 876 g/mol. The highest BCUT2D eigenvalue weighted by molar-refractivity contribution is 7.91. The highest BCUT2D eigenvalue weighted by Gasteiger charge is 2.37. The lowest BCUT2D eigenvalue weighted by molar-refractivity contribution is 0.105. The van der Waals surface area contributed by atoms with Crippen molar-refractivity contribution in [3.8, 4) is 22.6 Å². The smallest absolute Gasteiger partial charge is 0.296 e. The number of benzene rings is 4. The first-order valence-electron chi connectivity index (χ1n) is 15.4. The maximum atomic E-state index is 13.3. The predicted octanol–water partition coefficient (Wildman–Crippen LogP) is 2.21. The van der Waals surface area contributed by atoms with Crippen LogP contribution in [-0.2, 0) is 40.5 Å². The molecule has 0 amide bonds. The van der Waals surface area contributed by atoms with Crippen LogP contribution in [0.5, 0.6) is 11.5 Å². The molecule has 2 aliphatic rings. The molecule has 2 aliphatic carbocycles. The fraction of sp³-hybridized carbons (Fsp3) is 0. The van der Waals surface area contributed by atoms with Gasteiger partial charge in [0.05, 0.1) is 32.3 Å². The summed E-state index contributed by atoms with van der Waals surface area (Å²) in [6.45, 7) is 0. The van der Waals surface area contributed by atoms with Gasteiger partial charge in [0.2, 0.25) is 11.6 Å². The Hall–Kier alpha value is -6.52. The molecular formula is C32H24N6O16S4. The van der Waals surface area contributed by atoms with Crippen molar-refractivity contribution < 1.29 is 71.7 Å². The zero-order valence-electron chi connectivity index (χ0n) is 28.4. The van der Waals surface area contributed by atoms with Gasteiger partial charge >= 0.3 is 0 Å². The van der Waals surface area contributed by atoms with Crippen molar-refractivity contribution in [2.75, 3.05) is 22.3 Å². The third-order valence-corrected chi connectivity index (χ3v) is 11.7. The quantitative estimate of drug-likeness (QED) is 0.0498. The van der Waals surface area contributed by atoms with Gasteiger partial charge in [0, 0.05) is 11.4 Å². The van der Waals surface area contributed by atoms with E-state index in [0.717, 1.165) is 36.4 Å². The second-order valence-electron chi connectivity index (χ2n) is 12.1. The Morgan fingerprint density at radius 3 is 1.14 bits per heavy atom. The number of phenolic OH excluding ortho intramolecular Hbond substituents is 2. The number of aromatic hydroxyl groups is 2. The van der Waals surface area contributed by atoms with E-state index in [1.165, 1.54) is 24.3 Å². The number of hydrogen-bond donors (Lipinski definition) is 10. The van der Waals surface area contributed by atoms with Gasteiger partial charge in [0.25, 0.3) is 40.5 Å². The minimum absolute atomic E-state index is 0.214. The summed E-state index contributed by atoms with van der Waals surface area (Å²) in [6.07, 6.45) is 1.40. The molecule has 0 heterocycles. The van der Waals surface area contributed by atoms with Gasteiger partial charge in [-0.15, -0.1) is 0 Å². The topological polar surface area (TPSA) is 393 Å². The first-order chi connectivity index (χ1) is 26.8. The predicted molar refractivity (Wildman–Crippen MR) is 206 cm³/mol. The molecule has 4 aromatic rings. The lowest BCUT2D eigenvalue weighted by atomic mass is 9.93. The second kappa shape index (κ2) is 14.1. The van der Waals surface area contributed by atoms with Crippen molar-refractivity contribution >= 4 is 98.4 Å². The molecule has 6 rings (SSSR count). The SMILES string of the molecule is Nc1cc(S(=O)(=O)O)cc2c1C(=O)C(=NNc1ccc(-c3ccc(N/N=C4\C(=O)c5c(N)cc(S(=O)(=O)O)cc5C=C4S(=O)(=O)O)c(O)c3)cc1O)C(S(=O)(=O)O)=C2. The number of ketones is 2. The highest BCUT2D eigenvalue weighted by atomic mass is 32.2. The average Bonchev–Trinajstić information content (AvgIpc) is 3.09. The fourth-order valence-electron chi connectivity index (χ4n) is 5.70. The van der Waals surface area contributed by atoms with Crippen molar-refractivity contribution in [3.63, 3.8) is 0 Å². The number of nitrogen functional groups attached to an aromatic ring is 2. The Kier molecular flexibility index (Phi) is 10.0. The van der Waals surface area contributed by atoms with Gasteiger partial charge in [-0.05, 0) is 82.9 Å². The standard InChI is InChI=1S/C32H24N6O16S4/c33-19-11-17(55(43,44)45)5-15-9-25(57(49,50)51)29(31(41)27(15)19)37-35-21-3-1-13(7-23(21)39)14-2-4-22(24(40)8-14)36-38-30-26(58(52,53)54)10-16-6-18(56(46,47)48)12-20(34)28(16)32(30)42/h1-12,35-36,39-40H,33-34H2,(H,43,44,45)(H,46,47,48)(H,49,50,51)(H,52,53,54)/b37-29-,38-30?. The van der Waals surface area contributed by atoms with Gasteiger partial charge in [-0.25, -0.2) is 0 Å². The van der Waals surface area contributed by atoms with E-state index in [9.17, 15) is 71.7 Å². The van der Waals surface area contributed by atoms with Crippen molar-refractivity contribution in [1.82, 2.24) is 0 Å². The maximum absolute atomic E-state index is 13.3. The summed E-state index contributed by atoms with van der Waals surface area (Å²) >= 11 is 0. The largest absolute Gasteiger partial charge is 0.506 e. The zero-order valence-corrected chi connectivity index (χ0v) is 31.6. The van der Waals surface area contributed by atoms with Crippen LogP contribution in [0.1, 0.15) is 31.8 Å². The Labute approximate surface area is 326 Å². The number of carbonyl (C=O) groups is 2. The molecule has 0 aromatic heterocycles. The van der Waals surface area contributed by atoms with E-state index in [1.54, 1.807) is 0 Å². The first-order valence-corrected chi connectivity index (χ1v) is 21.2. The van der Waals surface area contributed by atoms with Crippen LogP contribution in [-0.4, -0.2) is 85.1 Å². The first kappa shape index (κ1) is 41.1. The van der Waals surface area contributed by atoms with Crippen LogP contribution in [0.4, 0.5) is 22.7 Å². The number of rotatable bonds is 9. The van der Waals surface area contributed by atoms with E-state index < -0.39 is 117 Å². The Bertz CT molecular complexity index is 2930. The number of allylic oxidation sites excluding steroid dienone is 2. The van der Waals surface area contributed by atoms with Crippen molar-refractivity contribution in [3.05, 3.63) is 92.7 Å². The lowest BCUT2D eigenvalue weighted by Gasteiger charge is -2.19. The molecule has 12 N–H and O–H groups in total. The molecule has 0 spiro atoms. The van der Waals surface area contributed by atoms with Crippen molar-refractivity contribution in [2.24, 2.45) is 10.2 Å². The molecule has 0 bridgehead atoms. The minimum Gasteiger partial charge on any atom is -0.506 e. The van der Waals surface area contributed by atoms with Crippen LogP contribution in [0.2, 0.25) is 0 Å². The molecule has 0 saturated heterocycles. The summed E-state index contributed by atoms with van der Waals surface area (Å²) in [6, 6.07) is 10.5. The number of carbonyl (C=O) groups excluding carboxylic acids is 2. The van der Waals surface area contributed by atoms with E-state index >= 15 is 0 Å². The number of nitrogens with one attached hydrogen (secondary N) is 2. The summed E-state index contributed by atoms with van der Waals surface area (Å²) in [7, 11) is -20.1. The molecule has 0 saturated carbocycles. The van der Waals surface area contributed by atoms with E-state index in [2.05, 4.69) is 21.1 Å². The summed E-state index contributed by atoms with van der Waals surface area (Å²) in [5, 5.41) is 29.0. The van der Waals surface area contributed by atoms with Gasteiger partial charge < -0.3 is 21.7 Å². The van der Waals surface area contributed by atoms with Crippen LogP contribution in [0.15, 0.2) is 90.5 Å². The zero-order chi connectivity index (χ0) is 42.9. The molecule has 302 valence electrons.